The molecule has 28 heavy (non-hydrogen) atoms. The van der Waals surface area contributed by atoms with Crippen molar-refractivity contribution in [3.8, 4) is 0 Å². The van der Waals surface area contributed by atoms with Gasteiger partial charge in [-0.05, 0) is 44.0 Å². The number of anilines is 2. The number of hydrogen-bond acceptors (Lipinski definition) is 7. The number of hydrogen-bond donors (Lipinski definition) is 1. The van der Waals surface area contributed by atoms with Crippen LogP contribution >= 0.6 is 11.8 Å². The van der Waals surface area contributed by atoms with Gasteiger partial charge in [-0.15, -0.1) is 10.2 Å². The second kappa shape index (κ2) is 8.32. The topological polar surface area (TPSA) is 89.3 Å². The Morgan fingerprint density at radius 2 is 1.89 bits per heavy atom. The van der Waals surface area contributed by atoms with Crippen molar-refractivity contribution < 1.29 is 14.3 Å². The Morgan fingerprint density at radius 1 is 1.18 bits per heavy atom. The van der Waals surface area contributed by atoms with E-state index in [9.17, 15) is 9.59 Å². The highest BCUT2D eigenvalue weighted by molar-refractivity contribution is 7.99. The Hall–Kier alpha value is -2.39. The Labute approximate surface area is 167 Å². The maximum atomic E-state index is 12.3. The second-order valence-electron chi connectivity index (χ2n) is 6.95. The molecule has 2 aromatic rings. The summed E-state index contributed by atoms with van der Waals surface area (Å²) in [6.45, 7) is 4.54. The zero-order valence-electron chi connectivity index (χ0n) is 15.8. The molecule has 2 fully saturated rings. The molecule has 0 atom stereocenters. The molecule has 1 saturated heterocycles. The zero-order chi connectivity index (χ0) is 19.5. The number of rotatable bonds is 7. The van der Waals surface area contributed by atoms with Gasteiger partial charge in [-0.3, -0.25) is 14.2 Å². The van der Waals surface area contributed by atoms with E-state index in [2.05, 4.69) is 25.0 Å². The van der Waals surface area contributed by atoms with Crippen LogP contribution in [0.5, 0.6) is 0 Å². The molecule has 8 nitrogen and oxygen atoms in total. The maximum absolute atomic E-state index is 12.3. The summed E-state index contributed by atoms with van der Waals surface area (Å²) in [6, 6.07) is 7.33. The SMILES string of the molecule is CC(=O)c1ccc(NC(=O)CSc2nnc(N3CCOCC3)n2C2CC2)cc1. The van der Waals surface area contributed by atoms with Crippen LogP contribution < -0.4 is 10.2 Å². The molecule has 1 aliphatic carbocycles. The minimum Gasteiger partial charge on any atom is -0.378 e. The number of nitrogens with zero attached hydrogens (tertiary/aromatic N) is 4. The number of amides is 1. The van der Waals surface area contributed by atoms with Crippen molar-refractivity contribution in [3.05, 3.63) is 29.8 Å². The molecule has 0 spiro atoms. The van der Waals surface area contributed by atoms with E-state index in [-0.39, 0.29) is 17.4 Å². The number of carbonyl (C=O) groups is 2. The van der Waals surface area contributed by atoms with Crippen LogP contribution in [0.4, 0.5) is 11.6 Å². The molecular formula is C19H23N5O3S. The normalized spacial score (nSPS) is 16.8. The summed E-state index contributed by atoms with van der Waals surface area (Å²) in [4.78, 5) is 25.9. The minimum absolute atomic E-state index is 0.00363. The Balaban J connectivity index is 1.38. The summed E-state index contributed by atoms with van der Waals surface area (Å²) in [5.41, 5.74) is 1.30. The van der Waals surface area contributed by atoms with E-state index in [1.54, 1.807) is 24.3 Å². The molecule has 2 aliphatic rings. The van der Waals surface area contributed by atoms with Crippen molar-refractivity contribution in [1.82, 2.24) is 14.8 Å². The first-order chi connectivity index (χ1) is 13.6. The Bertz CT molecular complexity index is 857. The van der Waals surface area contributed by atoms with Crippen LogP contribution in [0.25, 0.3) is 0 Å². The number of Topliss-reactive ketones (excluding diaryl/α,β-unsaturated/α-hetero) is 1. The number of carbonyl (C=O) groups excluding carboxylic acids is 2. The molecule has 1 aromatic carbocycles. The molecule has 0 radical (unpaired) electrons. The Kier molecular flexibility index (Phi) is 5.63. The number of ketones is 1. The highest BCUT2D eigenvalue weighted by Gasteiger charge is 2.32. The third-order valence-electron chi connectivity index (χ3n) is 4.76. The van der Waals surface area contributed by atoms with E-state index in [0.717, 1.165) is 37.0 Å². The lowest BCUT2D eigenvalue weighted by Crippen LogP contribution is -2.38. The van der Waals surface area contributed by atoms with Gasteiger partial charge < -0.3 is 15.0 Å². The summed E-state index contributed by atoms with van der Waals surface area (Å²) in [6.07, 6.45) is 2.25. The molecule has 148 valence electrons. The molecule has 4 rings (SSSR count). The second-order valence-corrected chi connectivity index (χ2v) is 7.90. The van der Waals surface area contributed by atoms with Crippen molar-refractivity contribution in [1.29, 1.82) is 0 Å². The highest BCUT2D eigenvalue weighted by Crippen LogP contribution is 2.41. The van der Waals surface area contributed by atoms with Crippen LogP contribution in [0.15, 0.2) is 29.4 Å². The number of aromatic nitrogens is 3. The molecule has 2 heterocycles. The van der Waals surface area contributed by atoms with E-state index < -0.39 is 0 Å². The first-order valence-electron chi connectivity index (χ1n) is 9.43. The van der Waals surface area contributed by atoms with Crippen LogP contribution in [-0.2, 0) is 9.53 Å². The third kappa shape index (κ3) is 4.36. The lowest BCUT2D eigenvalue weighted by Gasteiger charge is -2.27. The highest BCUT2D eigenvalue weighted by atomic mass is 32.2. The summed E-state index contributed by atoms with van der Waals surface area (Å²) in [7, 11) is 0. The van der Waals surface area contributed by atoms with Gasteiger partial charge in [-0.25, -0.2) is 0 Å². The summed E-state index contributed by atoms with van der Waals surface area (Å²) in [5.74, 6) is 1.03. The largest absolute Gasteiger partial charge is 0.378 e. The zero-order valence-corrected chi connectivity index (χ0v) is 16.6. The summed E-state index contributed by atoms with van der Waals surface area (Å²) >= 11 is 1.40. The van der Waals surface area contributed by atoms with E-state index in [0.29, 0.717) is 30.5 Å². The van der Waals surface area contributed by atoms with Gasteiger partial charge in [0, 0.05) is 30.4 Å². The predicted molar refractivity (Wildman–Crippen MR) is 107 cm³/mol. The first kappa shape index (κ1) is 18.9. The quantitative estimate of drug-likeness (QED) is 0.563. The van der Waals surface area contributed by atoms with Gasteiger partial charge in [0.05, 0.1) is 19.0 Å². The fourth-order valence-electron chi connectivity index (χ4n) is 3.11. The fourth-order valence-corrected chi connectivity index (χ4v) is 3.92. The maximum Gasteiger partial charge on any atom is 0.234 e. The Morgan fingerprint density at radius 3 is 2.54 bits per heavy atom. The van der Waals surface area contributed by atoms with Crippen LogP contribution in [0.3, 0.4) is 0 Å². The summed E-state index contributed by atoms with van der Waals surface area (Å²) in [5, 5.41) is 12.4. The standard InChI is InChI=1S/C19H23N5O3S/c1-13(25)14-2-4-15(5-3-14)20-17(26)12-28-19-22-21-18(24(19)16-6-7-16)23-8-10-27-11-9-23/h2-5,16H,6-12H2,1H3,(H,20,26). The van der Waals surface area contributed by atoms with Gasteiger partial charge >= 0.3 is 0 Å². The molecular weight excluding hydrogens is 378 g/mol. The van der Waals surface area contributed by atoms with Gasteiger partial charge in [0.15, 0.2) is 10.9 Å². The average Bonchev–Trinajstić information content (AvgIpc) is 3.46. The molecule has 0 unspecified atom stereocenters. The van der Waals surface area contributed by atoms with Crippen LogP contribution in [0.1, 0.15) is 36.2 Å². The minimum atomic E-state index is -0.112. The van der Waals surface area contributed by atoms with Gasteiger partial charge in [-0.2, -0.15) is 0 Å². The lowest BCUT2D eigenvalue weighted by molar-refractivity contribution is -0.113. The molecule has 9 heteroatoms. The molecule has 1 amide bonds. The van der Waals surface area contributed by atoms with E-state index in [4.69, 9.17) is 4.74 Å². The van der Waals surface area contributed by atoms with Gasteiger partial charge in [0.1, 0.15) is 0 Å². The smallest absolute Gasteiger partial charge is 0.234 e. The monoisotopic (exact) mass is 401 g/mol. The van der Waals surface area contributed by atoms with Crippen LogP contribution in [0, 0.1) is 0 Å². The van der Waals surface area contributed by atoms with E-state index in [1.807, 2.05) is 0 Å². The average molecular weight is 401 g/mol. The number of ether oxygens (including phenoxy) is 1. The van der Waals surface area contributed by atoms with Crippen LogP contribution in [-0.4, -0.2) is 58.5 Å². The first-order valence-corrected chi connectivity index (χ1v) is 10.4. The molecule has 0 bridgehead atoms. The fraction of sp³-hybridized carbons (Fsp3) is 0.474. The summed E-state index contributed by atoms with van der Waals surface area (Å²) < 4.78 is 7.60. The molecule has 1 saturated carbocycles. The van der Waals surface area contributed by atoms with Gasteiger partial charge in [0.25, 0.3) is 0 Å². The van der Waals surface area contributed by atoms with Crippen molar-refractivity contribution in [3.63, 3.8) is 0 Å². The third-order valence-corrected chi connectivity index (χ3v) is 5.70. The van der Waals surface area contributed by atoms with Crippen molar-refractivity contribution >= 4 is 35.1 Å². The van der Waals surface area contributed by atoms with E-state index >= 15 is 0 Å². The van der Waals surface area contributed by atoms with Crippen molar-refractivity contribution in [2.75, 3.05) is 42.3 Å². The van der Waals surface area contributed by atoms with Crippen molar-refractivity contribution in [2.45, 2.75) is 31.0 Å². The molecule has 1 N–H and O–H groups in total. The van der Waals surface area contributed by atoms with Gasteiger partial charge in [-0.1, -0.05) is 11.8 Å². The molecule has 1 aromatic heterocycles. The van der Waals surface area contributed by atoms with E-state index in [1.165, 1.54) is 18.7 Å². The molecule has 1 aliphatic heterocycles. The number of benzene rings is 1. The predicted octanol–water partition coefficient (Wildman–Crippen LogP) is 2.38. The number of nitrogens with one attached hydrogen (secondary N) is 1. The number of thioether (sulfide) groups is 1. The van der Waals surface area contributed by atoms with Crippen molar-refractivity contribution in [2.24, 2.45) is 0 Å². The number of morpholine rings is 1. The van der Waals surface area contributed by atoms with Gasteiger partial charge in [0.2, 0.25) is 11.9 Å². The van der Waals surface area contributed by atoms with Crippen LogP contribution in [0.2, 0.25) is 0 Å². The lowest BCUT2D eigenvalue weighted by atomic mass is 10.1.